The number of hydrogen-bond acceptors (Lipinski definition) is 5. The molecule has 0 heterocycles. The molecule has 0 amide bonds. The fourth-order valence-corrected chi connectivity index (χ4v) is 5.45. The average Bonchev–Trinajstić information content (AvgIpc) is 2.86. The van der Waals surface area contributed by atoms with Crippen molar-refractivity contribution in [2.75, 3.05) is 6.61 Å². The summed E-state index contributed by atoms with van der Waals surface area (Å²) in [6.07, 6.45) is 17.6. The molecule has 0 spiro atoms. The van der Waals surface area contributed by atoms with Gasteiger partial charge in [0.1, 0.15) is 0 Å². The molecular formula is C28H41NO5S. The smallest absolute Gasteiger partial charge is 0.312 e. The van der Waals surface area contributed by atoms with Crippen LogP contribution in [0.4, 0.5) is 5.69 Å². The molecule has 0 saturated carbocycles. The van der Waals surface area contributed by atoms with E-state index >= 15 is 0 Å². The minimum absolute atomic E-state index is 0.102. The molecule has 2 aromatic carbocycles. The van der Waals surface area contributed by atoms with Crippen LogP contribution in [0.1, 0.15) is 96.8 Å². The normalized spacial score (nSPS) is 11.5. The summed E-state index contributed by atoms with van der Waals surface area (Å²) in [4.78, 5) is 10.9. The zero-order valence-electron chi connectivity index (χ0n) is 21.1. The second kappa shape index (κ2) is 16.3. The van der Waals surface area contributed by atoms with E-state index < -0.39 is 14.8 Å². The van der Waals surface area contributed by atoms with Crippen molar-refractivity contribution in [3.63, 3.8) is 0 Å². The summed E-state index contributed by atoms with van der Waals surface area (Å²) in [7, 11) is -3.82. The molecule has 0 aliphatic carbocycles. The second-order valence-corrected chi connectivity index (χ2v) is 11.1. The van der Waals surface area contributed by atoms with Crippen LogP contribution in [-0.4, -0.2) is 19.9 Å². The highest BCUT2D eigenvalue weighted by atomic mass is 32.2. The lowest BCUT2D eigenvalue weighted by Gasteiger charge is -2.09. The van der Waals surface area contributed by atoms with Crippen LogP contribution in [0.2, 0.25) is 0 Å². The Bertz CT molecular complexity index is 976. The minimum Gasteiger partial charge on any atom is -0.487 e. The first-order chi connectivity index (χ1) is 17.0. The van der Waals surface area contributed by atoms with Crippen LogP contribution in [0.3, 0.4) is 0 Å². The van der Waals surface area contributed by atoms with E-state index in [4.69, 9.17) is 4.74 Å². The molecule has 2 aromatic rings. The van der Waals surface area contributed by atoms with Gasteiger partial charge in [-0.15, -0.1) is 0 Å². The Balaban J connectivity index is 1.66. The van der Waals surface area contributed by atoms with E-state index in [1.165, 1.54) is 94.9 Å². The number of rotatable bonds is 19. The summed E-state index contributed by atoms with van der Waals surface area (Å²) in [6, 6.07) is 11.7. The largest absolute Gasteiger partial charge is 0.487 e. The van der Waals surface area contributed by atoms with Crippen LogP contribution in [0, 0.1) is 10.1 Å². The van der Waals surface area contributed by atoms with Crippen molar-refractivity contribution in [2.45, 2.75) is 107 Å². The van der Waals surface area contributed by atoms with E-state index in [1.54, 1.807) is 18.2 Å². The van der Waals surface area contributed by atoms with Crippen LogP contribution in [-0.2, 0) is 9.84 Å². The Morgan fingerprint density at radius 1 is 0.714 bits per heavy atom. The van der Waals surface area contributed by atoms with Gasteiger partial charge in [0.15, 0.2) is 5.75 Å². The Morgan fingerprint density at radius 2 is 1.23 bits per heavy atom. The Labute approximate surface area is 211 Å². The second-order valence-electron chi connectivity index (χ2n) is 9.15. The van der Waals surface area contributed by atoms with Crippen molar-refractivity contribution in [3.8, 4) is 5.75 Å². The molecule has 2 rings (SSSR count). The number of benzene rings is 2. The fraction of sp³-hybridized carbons (Fsp3) is 0.571. The van der Waals surface area contributed by atoms with Crippen molar-refractivity contribution in [1.29, 1.82) is 0 Å². The minimum atomic E-state index is -3.82. The third-order valence-corrected chi connectivity index (χ3v) is 8.01. The average molecular weight is 504 g/mol. The lowest BCUT2D eigenvalue weighted by Crippen LogP contribution is -2.05. The molecule has 0 aliphatic rings. The standard InChI is InChI=1S/C28H41NO5S/c1-2-3-4-5-6-7-8-9-10-11-12-13-14-18-23-34-28-22-21-26(24-27(28)29(30)31)35(32,33)25-19-16-15-17-20-25/h15-17,19-22,24H,2-14,18,23H2,1H3. The van der Waals surface area contributed by atoms with E-state index in [1.807, 2.05) is 0 Å². The summed E-state index contributed by atoms with van der Waals surface area (Å²) in [6.45, 7) is 2.63. The van der Waals surface area contributed by atoms with Crippen LogP contribution >= 0.6 is 0 Å². The van der Waals surface area contributed by atoms with Crippen LogP contribution < -0.4 is 4.74 Å². The van der Waals surface area contributed by atoms with Gasteiger partial charge in [0, 0.05) is 6.07 Å². The molecule has 0 aromatic heterocycles. The molecule has 0 saturated heterocycles. The van der Waals surface area contributed by atoms with Gasteiger partial charge in [0.05, 0.1) is 21.3 Å². The van der Waals surface area contributed by atoms with E-state index in [2.05, 4.69) is 6.92 Å². The highest BCUT2D eigenvalue weighted by Crippen LogP contribution is 2.32. The lowest BCUT2D eigenvalue weighted by molar-refractivity contribution is -0.386. The molecule has 0 bridgehead atoms. The number of nitrogens with zero attached hydrogens (tertiary/aromatic N) is 1. The summed E-state index contributed by atoms with van der Waals surface area (Å²) in [5, 5.41) is 11.5. The number of nitro benzene ring substituents is 1. The zero-order valence-corrected chi connectivity index (χ0v) is 21.9. The van der Waals surface area contributed by atoms with Gasteiger partial charge in [-0.05, 0) is 30.7 Å². The van der Waals surface area contributed by atoms with Gasteiger partial charge in [-0.3, -0.25) is 10.1 Å². The van der Waals surface area contributed by atoms with Crippen molar-refractivity contribution in [3.05, 3.63) is 58.6 Å². The third-order valence-electron chi connectivity index (χ3n) is 6.25. The first-order valence-electron chi connectivity index (χ1n) is 13.2. The zero-order chi connectivity index (χ0) is 25.4. The number of sulfone groups is 1. The molecule has 0 atom stereocenters. The Morgan fingerprint density at radius 3 is 1.74 bits per heavy atom. The summed E-state index contributed by atoms with van der Waals surface area (Å²) >= 11 is 0. The summed E-state index contributed by atoms with van der Waals surface area (Å²) in [5.74, 6) is 0.108. The molecule has 0 unspecified atom stereocenters. The van der Waals surface area contributed by atoms with Gasteiger partial charge in [0.2, 0.25) is 9.84 Å². The van der Waals surface area contributed by atoms with Crippen molar-refractivity contribution >= 4 is 15.5 Å². The van der Waals surface area contributed by atoms with Gasteiger partial charge in [-0.25, -0.2) is 8.42 Å². The number of unbranched alkanes of at least 4 members (excludes halogenated alkanes) is 13. The van der Waals surface area contributed by atoms with Crippen LogP contribution in [0.5, 0.6) is 5.75 Å². The van der Waals surface area contributed by atoms with Gasteiger partial charge < -0.3 is 4.74 Å². The van der Waals surface area contributed by atoms with E-state index in [-0.39, 0.29) is 21.2 Å². The monoisotopic (exact) mass is 503 g/mol. The number of nitro groups is 1. The summed E-state index contributed by atoms with van der Waals surface area (Å²) < 4.78 is 31.2. The quantitative estimate of drug-likeness (QED) is 0.109. The molecule has 7 heteroatoms. The lowest BCUT2D eigenvalue weighted by atomic mass is 10.0. The maximum absolute atomic E-state index is 12.8. The Hall–Kier alpha value is -2.41. The van der Waals surface area contributed by atoms with Gasteiger partial charge >= 0.3 is 5.69 Å². The molecule has 0 aliphatic heterocycles. The molecule has 0 N–H and O–H groups in total. The highest BCUT2D eigenvalue weighted by Gasteiger charge is 2.23. The molecule has 6 nitrogen and oxygen atoms in total. The summed E-state index contributed by atoms with van der Waals surface area (Å²) in [5.41, 5.74) is -0.327. The molecule has 35 heavy (non-hydrogen) atoms. The molecule has 194 valence electrons. The van der Waals surface area contributed by atoms with Crippen molar-refractivity contribution < 1.29 is 18.1 Å². The van der Waals surface area contributed by atoms with E-state index in [0.717, 1.165) is 25.3 Å². The predicted octanol–water partition coefficient (Wildman–Crippen LogP) is 8.29. The van der Waals surface area contributed by atoms with Crippen LogP contribution in [0.15, 0.2) is 58.3 Å². The molecular weight excluding hydrogens is 462 g/mol. The highest BCUT2D eigenvalue weighted by molar-refractivity contribution is 7.91. The molecule has 0 radical (unpaired) electrons. The third kappa shape index (κ3) is 10.4. The molecule has 0 fully saturated rings. The van der Waals surface area contributed by atoms with E-state index in [0.29, 0.717) is 6.61 Å². The SMILES string of the molecule is CCCCCCCCCCCCCCCCOc1ccc(S(=O)(=O)c2ccccc2)cc1[N+](=O)[O-]. The number of ether oxygens (including phenoxy) is 1. The van der Waals surface area contributed by atoms with Gasteiger partial charge in [0.25, 0.3) is 0 Å². The van der Waals surface area contributed by atoms with Crippen LogP contribution in [0.25, 0.3) is 0 Å². The van der Waals surface area contributed by atoms with Crippen molar-refractivity contribution in [2.24, 2.45) is 0 Å². The van der Waals surface area contributed by atoms with Gasteiger partial charge in [-0.2, -0.15) is 0 Å². The van der Waals surface area contributed by atoms with E-state index in [9.17, 15) is 18.5 Å². The first kappa shape index (κ1) is 28.8. The topological polar surface area (TPSA) is 86.5 Å². The van der Waals surface area contributed by atoms with Crippen molar-refractivity contribution in [1.82, 2.24) is 0 Å². The fourth-order valence-electron chi connectivity index (χ4n) is 4.14. The predicted molar refractivity (Wildman–Crippen MR) is 141 cm³/mol. The van der Waals surface area contributed by atoms with Gasteiger partial charge in [-0.1, -0.05) is 109 Å². The Kier molecular flexibility index (Phi) is 13.4. The number of hydrogen-bond donors (Lipinski definition) is 0. The maximum Gasteiger partial charge on any atom is 0.312 e. The first-order valence-corrected chi connectivity index (χ1v) is 14.7. The maximum atomic E-state index is 12.8.